The molecule has 94 valence electrons. The molecular formula is C13H19NO2S. The number of nitrogens with one attached hydrogen (secondary N) is 1. The van der Waals surface area contributed by atoms with Gasteiger partial charge in [0, 0.05) is 46.9 Å². The highest BCUT2D eigenvalue weighted by Crippen LogP contribution is 2.32. The standard InChI is InChI=1S/C13H19NO2S/c1-2-17(15)8-7-14-9-11-10-16-13-6-4-3-5-12(11)13/h3-6,11,14H,2,7-10H2,1H3. The maximum absolute atomic E-state index is 11.3. The van der Waals surface area contributed by atoms with Crippen LogP contribution in [0.4, 0.5) is 0 Å². The fourth-order valence-corrected chi connectivity index (χ4v) is 2.67. The molecule has 0 spiro atoms. The minimum absolute atomic E-state index is 0.432. The lowest BCUT2D eigenvalue weighted by molar-refractivity contribution is 0.327. The number of rotatable bonds is 6. The van der Waals surface area contributed by atoms with Gasteiger partial charge in [-0.1, -0.05) is 25.1 Å². The van der Waals surface area contributed by atoms with Crippen LogP contribution >= 0.6 is 0 Å². The highest BCUT2D eigenvalue weighted by atomic mass is 32.2. The van der Waals surface area contributed by atoms with Gasteiger partial charge in [-0.2, -0.15) is 0 Å². The Bertz CT molecular complexity index is 395. The van der Waals surface area contributed by atoms with Crippen molar-refractivity contribution in [2.24, 2.45) is 0 Å². The average molecular weight is 253 g/mol. The Kier molecular flexibility index (Phi) is 4.57. The van der Waals surface area contributed by atoms with Gasteiger partial charge in [-0.25, -0.2) is 0 Å². The van der Waals surface area contributed by atoms with Crippen molar-refractivity contribution in [2.75, 3.05) is 31.2 Å². The van der Waals surface area contributed by atoms with Gasteiger partial charge in [0.05, 0.1) is 6.61 Å². The van der Waals surface area contributed by atoms with E-state index in [-0.39, 0.29) is 0 Å². The minimum Gasteiger partial charge on any atom is -0.493 e. The Morgan fingerprint density at radius 2 is 2.29 bits per heavy atom. The molecule has 0 aliphatic carbocycles. The molecule has 2 rings (SSSR count). The molecule has 1 N–H and O–H groups in total. The fourth-order valence-electron chi connectivity index (χ4n) is 2.00. The average Bonchev–Trinajstić information content (AvgIpc) is 2.78. The SMILES string of the molecule is CCS(=O)CCNCC1COc2ccccc21. The van der Waals surface area contributed by atoms with Crippen LogP contribution in [0.3, 0.4) is 0 Å². The van der Waals surface area contributed by atoms with Crippen LogP contribution in [0.15, 0.2) is 24.3 Å². The van der Waals surface area contributed by atoms with E-state index in [1.165, 1.54) is 5.56 Å². The summed E-state index contributed by atoms with van der Waals surface area (Å²) in [5.41, 5.74) is 1.29. The second-order valence-corrected chi connectivity index (χ2v) is 6.05. The lowest BCUT2D eigenvalue weighted by atomic mass is 10.0. The summed E-state index contributed by atoms with van der Waals surface area (Å²) in [4.78, 5) is 0. The second kappa shape index (κ2) is 6.17. The molecule has 0 saturated carbocycles. The molecule has 0 saturated heterocycles. The number of hydrogen-bond acceptors (Lipinski definition) is 3. The summed E-state index contributed by atoms with van der Waals surface area (Å²) in [7, 11) is -0.669. The van der Waals surface area contributed by atoms with Crippen LogP contribution in [0.1, 0.15) is 18.4 Å². The molecule has 2 atom stereocenters. The number of para-hydroxylation sites is 1. The van der Waals surface area contributed by atoms with Crippen LogP contribution < -0.4 is 10.1 Å². The van der Waals surface area contributed by atoms with Crippen molar-refractivity contribution in [3.05, 3.63) is 29.8 Å². The Balaban J connectivity index is 1.76. The van der Waals surface area contributed by atoms with Crippen molar-refractivity contribution in [1.29, 1.82) is 0 Å². The Morgan fingerprint density at radius 1 is 1.47 bits per heavy atom. The van der Waals surface area contributed by atoms with Gasteiger partial charge in [-0.3, -0.25) is 4.21 Å². The molecule has 1 aliphatic rings. The van der Waals surface area contributed by atoms with Crippen LogP contribution in [-0.4, -0.2) is 35.4 Å². The van der Waals surface area contributed by atoms with Gasteiger partial charge in [-0.05, 0) is 6.07 Å². The van der Waals surface area contributed by atoms with E-state index in [1.807, 2.05) is 25.1 Å². The maximum atomic E-state index is 11.3. The van der Waals surface area contributed by atoms with Gasteiger partial charge < -0.3 is 10.1 Å². The quantitative estimate of drug-likeness (QED) is 0.781. The van der Waals surface area contributed by atoms with E-state index < -0.39 is 10.8 Å². The zero-order valence-corrected chi connectivity index (χ0v) is 11.0. The van der Waals surface area contributed by atoms with Crippen LogP contribution in [0.25, 0.3) is 0 Å². The third kappa shape index (κ3) is 3.30. The van der Waals surface area contributed by atoms with Crippen molar-refractivity contribution in [2.45, 2.75) is 12.8 Å². The Hall–Kier alpha value is -0.870. The van der Waals surface area contributed by atoms with Gasteiger partial charge in [0.2, 0.25) is 0 Å². The summed E-state index contributed by atoms with van der Waals surface area (Å²) in [6.07, 6.45) is 0. The summed E-state index contributed by atoms with van der Waals surface area (Å²) in [6, 6.07) is 8.19. The van der Waals surface area contributed by atoms with Crippen LogP contribution in [0.2, 0.25) is 0 Å². The number of ether oxygens (including phenoxy) is 1. The van der Waals surface area contributed by atoms with E-state index in [2.05, 4.69) is 11.4 Å². The summed E-state index contributed by atoms with van der Waals surface area (Å²) >= 11 is 0. The maximum Gasteiger partial charge on any atom is 0.122 e. The minimum atomic E-state index is -0.669. The van der Waals surface area contributed by atoms with E-state index in [1.54, 1.807) is 0 Å². The zero-order chi connectivity index (χ0) is 12.1. The predicted molar refractivity (Wildman–Crippen MR) is 71.1 cm³/mol. The van der Waals surface area contributed by atoms with E-state index in [4.69, 9.17) is 4.74 Å². The monoisotopic (exact) mass is 253 g/mol. The zero-order valence-electron chi connectivity index (χ0n) is 10.1. The number of fused-ring (bicyclic) bond motifs is 1. The second-order valence-electron chi connectivity index (χ2n) is 4.18. The van der Waals surface area contributed by atoms with Crippen molar-refractivity contribution in [3.8, 4) is 5.75 Å². The largest absolute Gasteiger partial charge is 0.493 e. The van der Waals surface area contributed by atoms with Gasteiger partial charge >= 0.3 is 0 Å². The first-order chi connectivity index (χ1) is 8.31. The lowest BCUT2D eigenvalue weighted by Crippen LogP contribution is -2.26. The van der Waals surface area contributed by atoms with Crippen LogP contribution in [-0.2, 0) is 10.8 Å². The molecule has 1 aliphatic heterocycles. The summed E-state index contributed by atoms with van der Waals surface area (Å²) < 4.78 is 16.9. The van der Waals surface area contributed by atoms with E-state index in [0.717, 1.165) is 37.0 Å². The normalized spacial score (nSPS) is 19.7. The van der Waals surface area contributed by atoms with E-state index in [0.29, 0.717) is 5.92 Å². The lowest BCUT2D eigenvalue weighted by Gasteiger charge is -2.09. The molecule has 4 heteroatoms. The summed E-state index contributed by atoms with van der Waals surface area (Å²) in [5, 5.41) is 3.36. The molecule has 0 radical (unpaired) electrons. The molecule has 3 nitrogen and oxygen atoms in total. The molecule has 0 amide bonds. The fraction of sp³-hybridized carbons (Fsp3) is 0.538. The molecule has 0 aromatic heterocycles. The van der Waals surface area contributed by atoms with E-state index in [9.17, 15) is 4.21 Å². The van der Waals surface area contributed by atoms with Crippen LogP contribution in [0.5, 0.6) is 5.75 Å². The summed E-state index contributed by atoms with van der Waals surface area (Å²) in [5.74, 6) is 2.93. The summed E-state index contributed by atoms with van der Waals surface area (Å²) in [6.45, 7) is 4.43. The van der Waals surface area contributed by atoms with Gasteiger partial charge in [0.15, 0.2) is 0 Å². The smallest absolute Gasteiger partial charge is 0.122 e. The van der Waals surface area contributed by atoms with Gasteiger partial charge in [0.25, 0.3) is 0 Å². The third-order valence-corrected chi connectivity index (χ3v) is 4.32. The third-order valence-electron chi connectivity index (χ3n) is 3.02. The first kappa shape index (κ1) is 12.6. The van der Waals surface area contributed by atoms with Crippen molar-refractivity contribution >= 4 is 10.8 Å². The van der Waals surface area contributed by atoms with Gasteiger partial charge in [-0.15, -0.1) is 0 Å². The predicted octanol–water partition coefficient (Wildman–Crippen LogP) is 1.52. The van der Waals surface area contributed by atoms with Crippen LogP contribution in [0, 0.1) is 0 Å². The van der Waals surface area contributed by atoms with E-state index >= 15 is 0 Å². The van der Waals surface area contributed by atoms with Crippen molar-refractivity contribution < 1.29 is 8.95 Å². The topological polar surface area (TPSA) is 38.3 Å². The molecule has 17 heavy (non-hydrogen) atoms. The first-order valence-electron chi connectivity index (χ1n) is 6.08. The molecule has 2 unspecified atom stereocenters. The molecule has 0 fully saturated rings. The highest BCUT2D eigenvalue weighted by Gasteiger charge is 2.22. The molecule has 1 aromatic carbocycles. The highest BCUT2D eigenvalue weighted by molar-refractivity contribution is 7.84. The van der Waals surface area contributed by atoms with Crippen molar-refractivity contribution in [3.63, 3.8) is 0 Å². The Morgan fingerprint density at radius 3 is 3.12 bits per heavy atom. The molecular weight excluding hydrogens is 234 g/mol. The van der Waals surface area contributed by atoms with Crippen molar-refractivity contribution in [1.82, 2.24) is 5.32 Å². The molecule has 1 aromatic rings. The molecule has 0 bridgehead atoms. The van der Waals surface area contributed by atoms with Gasteiger partial charge in [0.1, 0.15) is 5.75 Å². The Labute approximate surface area is 105 Å². The number of hydrogen-bond donors (Lipinski definition) is 1. The number of benzene rings is 1. The first-order valence-corrected chi connectivity index (χ1v) is 7.57. The molecule has 1 heterocycles.